The summed E-state index contributed by atoms with van der Waals surface area (Å²) < 4.78 is 8.29. The number of carboxylic acids is 1. The van der Waals surface area contributed by atoms with Gasteiger partial charge in [0.15, 0.2) is 10.6 Å². The lowest BCUT2D eigenvalue weighted by Crippen LogP contribution is -2.13. The first kappa shape index (κ1) is 12.0. The maximum atomic E-state index is 11.6. The Balaban J connectivity index is 2.19. The third-order valence-corrected chi connectivity index (χ3v) is 2.64. The summed E-state index contributed by atoms with van der Waals surface area (Å²) in [4.78, 5) is 22.1. The average Bonchev–Trinajstić information content (AvgIpc) is 2.81. The number of phenols is 1. The fourth-order valence-corrected chi connectivity index (χ4v) is 1.63. The molecule has 0 saturated carbocycles. The lowest BCUT2D eigenvalue weighted by Gasteiger charge is -2.02. The van der Waals surface area contributed by atoms with Crippen LogP contribution >= 0.6 is 11.5 Å². The van der Waals surface area contributed by atoms with E-state index >= 15 is 0 Å². The van der Waals surface area contributed by atoms with Gasteiger partial charge >= 0.3 is 11.9 Å². The molecule has 0 aliphatic carbocycles. The lowest BCUT2D eigenvalue weighted by molar-refractivity contribution is 0.0669. The van der Waals surface area contributed by atoms with Gasteiger partial charge in [-0.3, -0.25) is 0 Å². The van der Waals surface area contributed by atoms with Crippen LogP contribution in [-0.4, -0.2) is 31.7 Å². The summed E-state index contributed by atoms with van der Waals surface area (Å²) in [6.07, 6.45) is 0. The van der Waals surface area contributed by atoms with Crippen LogP contribution in [0.15, 0.2) is 24.3 Å². The molecule has 0 aliphatic heterocycles. The van der Waals surface area contributed by atoms with Gasteiger partial charge in [-0.15, -0.1) is 5.10 Å². The highest BCUT2D eigenvalue weighted by atomic mass is 32.1. The molecule has 1 aromatic carbocycles. The number of hydrogen-bond donors (Lipinski definition) is 2. The van der Waals surface area contributed by atoms with Crippen molar-refractivity contribution < 1.29 is 24.5 Å². The predicted molar refractivity (Wildman–Crippen MR) is 59.9 cm³/mol. The molecule has 0 bridgehead atoms. The molecule has 1 heterocycles. The largest absolute Gasteiger partial charge is 0.508 e. The quantitative estimate of drug-likeness (QED) is 0.633. The van der Waals surface area contributed by atoms with Crippen LogP contribution in [-0.2, 0) is 0 Å². The van der Waals surface area contributed by atoms with Crippen molar-refractivity contribution in [1.82, 2.24) is 9.59 Å². The minimum atomic E-state index is -1.29. The van der Waals surface area contributed by atoms with E-state index in [1.165, 1.54) is 24.3 Å². The van der Waals surface area contributed by atoms with E-state index in [0.717, 1.165) is 0 Å². The van der Waals surface area contributed by atoms with Gasteiger partial charge in [-0.2, -0.15) is 0 Å². The van der Waals surface area contributed by atoms with E-state index in [0.29, 0.717) is 11.5 Å². The van der Waals surface area contributed by atoms with E-state index in [4.69, 9.17) is 14.9 Å². The SMILES string of the molecule is O=C(Oc1ccc(O)cc1)c1nnsc1C(=O)O. The number of carboxylic acid groups (broad SMARTS) is 1. The van der Waals surface area contributed by atoms with Crippen molar-refractivity contribution in [2.45, 2.75) is 0 Å². The van der Waals surface area contributed by atoms with Gasteiger partial charge in [0.1, 0.15) is 11.5 Å². The molecule has 2 rings (SSSR count). The summed E-state index contributed by atoms with van der Waals surface area (Å²) in [6.45, 7) is 0. The van der Waals surface area contributed by atoms with Crippen molar-refractivity contribution in [2.24, 2.45) is 0 Å². The highest BCUT2D eigenvalue weighted by molar-refractivity contribution is 7.08. The average molecular weight is 266 g/mol. The number of hydrogen-bond acceptors (Lipinski definition) is 7. The van der Waals surface area contributed by atoms with Crippen LogP contribution in [0, 0.1) is 0 Å². The van der Waals surface area contributed by atoms with Gasteiger partial charge in [0.05, 0.1) is 0 Å². The van der Waals surface area contributed by atoms with Crippen LogP contribution in [0.4, 0.5) is 0 Å². The number of nitrogens with zero attached hydrogens (tertiary/aromatic N) is 2. The van der Waals surface area contributed by atoms with Gasteiger partial charge in [-0.05, 0) is 35.8 Å². The summed E-state index contributed by atoms with van der Waals surface area (Å²) in [5, 5.41) is 21.3. The Bertz CT molecular complexity index is 593. The molecule has 0 saturated heterocycles. The highest BCUT2D eigenvalue weighted by Gasteiger charge is 2.23. The predicted octanol–water partition coefficient (Wildman–Crippen LogP) is 1.16. The molecule has 0 fully saturated rings. The van der Waals surface area contributed by atoms with E-state index in [2.05, 4.69) is 9.59 Å². The van der Waals surface area contributed by atoms with Gasteiger partial charge in [-0.25, -0.2) is 9.59 Å². The molecule has 92 valence electrons. The third kappa shape index (κ3) is 2.43. The minimum absolute atomic E-state index is 0.0244. The van der Waals surface area contributed by atoms with Crippen molar-refractivity contribution in [1.29, 1.82) is 0 Å². The molecular weight excluding hydrogens is 260 g/mol. The summed E-state index contributed by atoms with van der Waals surface area (Å²) in [5.74, 6) is -2.01. The van der Waals surface area contributed by atoms with Crippen LogP contribution < -0.4 is 4.74 Å². The van der Waals surface area contributed by atoms with E-state index in [-0.39, 0.29) is 22.1 Å². The number of phenolic OH excluding ortho intramolecular Hbond substituents is 1. The molecule has 0 aliphatic rings. The van der Waals surface area contributed by atoms with Gasteiger partial charge < -0.3 is 14.9 Å². The summed E-state index contributed by atoms with van der Waals surface area (Å²) >= 11 is 0.598. The molecule has 0 radical (unpaired) electrons. The first-order valence-electron chi connectivity index (χ1n) is 4.65. The number of ether oxygens (including phenoxy) is 1. The molecule has 18 heavy (non-hydrogen) atoms. The number of aromatic hydroxyl groups is 1. The zero-order valence-corrected chi connectivity index (χ0v) is 9.55. The Morgan fingerprint density at radius 3 is 2.50 bits per heavy atom. The second kappa shape index (κ2) is 4.80. The van der Waals surface area contributed by atoms with E-state index in [1.807, 2.05) is 0 Å². The first-order valence-corrected chi connectivity index (χ1v) is 5.42. The van der Waals surface area contributed by atoms with Crippen molar-refractivity contribution >= 4 is 23.5 Å². The monoisotopic (exact) mass is 266 g/mol. The molecule has 0 amide bonds. The second-order valence-electron chi connectivity index (χ2n) is 3.14. The summed E-state index contributed by atoms with van der Waals surface area (Å²) in [5.41, 5.74) is -0.347. The number of aromatic nitrogens is 2. The van der Waals surface area contributed by atoms with Crippen molar-refractivity contribution in [3.63, 3.8) is 0 Å². The Hall–Kier alpha value is -2.48. The van der Waals surface area contributed by atoms with Gasteiger partial charge in [0.2, 0.25) is 0 Å². The van der Waals surface area contributed by atoms with Gasteiger partial charge in [0.25, 0.3) is 0 Å². The lowest BCUT2D eigenvalue weighted by atomic mass is 10.3. The van der Waals surface area contributed by atoms with Crippen LogP contribution in [0.1, 0.15) is 20.2 Å². The molecule has 8 heteroatoms. The van der Waals surface area contributed by atoms with Gasteiger partial charge in [-0.1, -0.05) is 4.49 Å². The van der Waals surface area contributed by atoms with E-state index < -0.39 is 11.9 Å². The van der Waals surface area contributed by atoms with Crippen LogP contribution in [0.3, 0.4) is 0 Å². The van der Waals surface area contributed by atoms with Crippen LogP contribution in [0.25, 0.3) is 0 Å². The zero-order chi connectivity index (χ0) is 13.1. The van der Waals surface area contributed by atoms with Crippen LogP contribution in [0.5, 0.6) is 11.5 Å². The Kier molecular flexibility index (Phi) is 3.20. The normalized spacial score (nSPS) is 10.0. The molecular formula is C10H6N2O5S. The standard InChI is InChI=1S/C10H6N2O5S/c13-5-1-3-6(4-2-5)17-10(16)7-8(9(14)15)18-12-11-7/h1-4,13H,(H,14,15). The first-order chi connectivity index (χ1) is 8.58. The maximum Gasteiger partial charge on any atom is 0.366 e. The molecule has 0 spiro atoms. The van der Waals surface area contributed by atoms with Gasteiger partial charge in [0, 0.05) is 0 Å². The number of carbonyl (C=O) groups excluding carboxylic acids is 1. The fourth-order valence-electron chi connectivity index (χ4n) is 1.13. The Morgan fingerprint density at radius 1 is 1.22 bits per heavy atom. The zero-order valence-electron chi connectivity index (χ0n) is 8.73. The van der Waals surface area contributed by atoms with Crippen molar-refractivity contribution in [2.75, 3.05) is 0 Å². The molecule has 2 N–H and O–H groups in total. The highest BCUT2D eigenvalue weighted by Crippen LogP contribution is 2.18. The summed E-state index contributed by atoms with van der Waals surface area (Å²) in [6, 6.07) is 5.40. The van der Waals surface area contributed by atoms with E-state index in [9.17, 15) is 9.59 Å². The minimum Gasteiger partial charge on any atom is -0.508 e. The van der Waals surface area contributed by atoms with E-state index in [1.54, 1.807) is 0 Å². The van der Waals surface area contributed by atoms with Crippen molar-refractivity contribution in [3.8, 4) is 11.5 Å². The smallest absolute Gasteiger partial charge is 0.366 e. The third-order valence-electron chi connectivity index (χ3n) is 1.92. The molecule has 0 unspecified atom stereocenters. The molecule has 2 aromatic rings. The molecule has 7 nitrogen and oxygen atoms in total. The topological polar surface area (TPSA) is 110 Å². The molecule has 1 aromatic heterocycles. The molecule has 0 atom stereocenters. The van der Waals surface area contributed by atoms with Crippen LogP contribution in [0.2, 0.25) is 0 Å². The van der Waals surface area contributed by atoms with Crippen molar-refractivity contribution in [3.05, 3.63) is 34.8 Å². The maximum absolute atomic E-state index is 11.6. The Labute approximate surface area is 104 Å². The number of esters is 1. The number of rotatable bonds is 3. The number of aromatic carboxylic acids is 1. The second-order valence-corrected chi connectivity index (χ2v) is 3.89. The number of carbonyl (C=O) groups is 2. The summed E-state index contributed by atoms with van der Waals surface area (Å²) in [7, 11) is 0. The number of benzene rings is 1. The fraction of sp³-hybridized carbons (Fsp3) is 0. The Morgan fingerprint density at radius 2 is 1.89 bits per heavy atom.